The van der Waals surface area contributed by atoms with Gasteiger partial charge in [0.2, 0.25) is 0 Å². The van der Waals surface area contributed by atoms with Gasteiger partial charge in [-0.15, -0.1) is 11.3 Å². The van der Waals surface area contributed by atoms with Crippen LogP contribution in [0.3, 0.4) is 0 Å². The van der Waals surface area contributed by atoms with E-state index in [0.717, 1.165) is 33.6 Å². The van der Waals surface area contributed by atoms with Crippen LogP contribution in [0.25, 0.3) is 75.5 Å². The lowest BCUT2D eigenvalue weighted by Crippen LogP contribution is -2.10. The fourth-order valence-corrected chi connectivity index (χ4v) is 8.73. The second-order valence-electron chi connectivity index (χ2n) is 12.9. The number of anilines is 3. The molecule has 0 saturated carbocycles. The second-order valence-corrected chi connectivity index (χ2v) is 13.9. The predicted molar refractivity (Wildman–Crippen MR) is 218 cm³/mol. The van der Waals surface area contributed by atoms with Crippen LogP contribution >= 0.6 is 11.3 Å². The van der Waals surface area contributed by atoms with Crippen molar-refractivity contribution in [3.8, 4) is 33.4 Å². The topological polar surface area (TPSA) is 16.4 Å². The van der Waals surface area contributed by atoms with Gasteiger partial charge < -0.3 is 9.32 Å². The average molecular weight is 670 g/mol. The minimum Gasteiger partial charge on any atom is -0.456 e. The molecule has 3 heteroatoms. The molecule has 0 aliphatic carbocycles. The first-order chi connectivity index (χ1) is 25.3. The van der Waals surface area contributed by atoms with Gasteiger partial charge in [-0.3, -0.25) is 0 Å². The summed E-state index contributed by atoms with van der Waals surface area (Å²) >= 11 is 1.85. The molecule has 0 radical (unpaired) electrons. The molecule has 0 N–H and O–H groups in total. The van der Waals surface area contributed by atoms with Crippen LogP contribution in [0.4, 0.5) is 17.1 Å². The Bertz CT molecular complexity index is 2810. The zero-order valence-corrected chi connectivity index (χ0v) is 28.5. The molecule has 0 unspecified atom stereocenters. The Hall–Kier alpha value is -6.42. The maximum atomic E-state index is 6.29. The Labute approximate surface area is 300 Å². The summed E-state index contributed by atoms with van der Waals surface area (Å²) in [7, 11) is 0. The first-order valence-corrected chi connectivity index (χ1v) is 18.1. The highest BCUT2D eigenvalue weighted by atomic mass is 32.1. The number of hydrogen-bond donors (Lipinski definition) is 0. The quantitative estimate of drug-likeness (QED) is 0.175. The Morgan fingerprint density at radius 1 is 0.333 bits per heavy atom. The number of fused-ring (bicyclic) bond motifs is 7. The highest BCUT2D eigenvalue weighted by molar-refractivity contribution is 7.27. The summed E-state index contributed by atoms with van der Waals surface area (Å²) in [4.78, 5) is 2.40. The van der Waals surface area contributed by atoms with Gasteiger partial charge in [0.05, 0.1) is 10.4 Å². The lowest BCUT2D eigenvalue weighted by Gasteiger charge is -2.26. The Balaban J connectivity index is 1.11. The Morgan fingerprint density at radius 2 is 0.804 bits per heavy atom. The first-order valence-electron chi connectivity index (χ1n) is 17.3. The number of furan rings is 1. The predicted octanol–water partition coefficient (Wildman–Crippen LogP) is 14.4. The van der Waals surface area contributed by atoms with Crippen molar-refractivity contribution in [3.05, 3.63) is 188 Å². The van der Waals surface area contributed by atoms with E-state index in [9.17, 15) is 0 Å². The molecule has 0 aliphatic rings. The molecule has 0 atom stereocenters. The Kier molecular flexibility index (Phi) is 7.04. The molecular weight excluding hydrogens is 639 g/mol. The van der Waals surface area contributed by atoms with Crippen molar-refractivity contribution in [2.24, 2.45) is 0 Å². The van der Waals surface area contributed by atoms with Gasteiger partial charge in [0, 0.05) is 37.6 Å². The van der Waals surface area contributed by atoms with Crippen LogP contribution in [0.1, 0.15) is 0 Å². The fourth-order valence-electron chi connectivity index (χ4n) is 7.38. The summed E-state index contributed by atoms with van der Waals surface area (Å²) in [5.41, 5.74) is 12.5. The lowest BCUT2D eigenvalue weighted by atomic mass is 10.00. The van der Waals surface area contributed by atoms with Gasteiger partial charge in [0.25, 0.3) is 0 Å². The van der Waals surface area contributed by atoms with Crippen molar-refractivity contribution in [2.75, 3.05) is 4.90 Å². The van der Waals surface area contributed by atoms with Crippen LogP contribution in [-0.2, 0) is 0 Å². The smallest absolute Gasteiger partial charge is 0.136 e. The maximum Gasteiger partial charge on any atom is 0.136 e. The van der Waals surface area contributed by atoms with Crippen LogP contribution in [0, 0.1) is 0 Å². The number of benzene rings is 8. The molecule has 8 aromatic carbocycles. The Morgan fingerprint density at radius 3 is 1.39 bits per heavy atom. The normalized spacial score (nSPS) is 11.5. The fraction of sp³-hybridized carbons (Fsp3) is 0. The van der Waals surface area contributed by atoms with Gasteiger partial charge in [-0.05, 0) is 81.9 Å². The van der Waals surface area contributed by atoms with E-state index in [-0.39, 0.29) is 0 Å². The van der Waals surface area contributed by atoms with Crippen molar-refractivity contribution < 1.29 is 4.42 Å². The van der Waals surface area contributed by atoms with Crippen LogP contribution in [0.2, 0.25) is 0 Å². The molecule has 0 spiro atoms. The third kappa shape index (κ3) is 5.10. The van der Waals surface area contributed by atoms with E-state index in [1.807, 2.05) is 17.4 Å². The molecule has 2 heterocycles. The van der Waals surface area contributed by atoms with Gasteiger partial charge in [-0.2, -0.15) is 0 Å². The van der Waals surface area contributed by atoms with Crippen LogP contribution in [0.15, 0.2) is 192 Å². The maximum absolute atomic E-state index is 6.29. The summed E-state index contributed by atoms with van der Waals surface area (Å²) in [5, 5.41) is 4.86. The van der Waals surface area contributed by atoms with E-state index >= 15 is 0 Å². The average Bonchev–Trinajstić information content (AvgIpc) is 3.78. The number of thiophene rings is 1. The highest BCUT2D eigenvalue weighted by Crippen LogP contribution is 2.48. The number of hydrogen-bond acceptors (Lipinski definition) is 3. The second kappa shape index (κ2) is 12.2. The summed E-state index contributed by atoms with van der Waals surface area (Å²) in [5.74, 6) is 0. The SMILES string of the molecule is c1ccc(-c2ccc(-c3ccc(N(c4ccc(-c5ccccc5)cc4)c4cccc5c4sc4c5ccc5oc6ccccc6c54)cc3)cc2)cc1. The molecule has 0 amide bonds. The minimum atomic E-state index is 0.924. The van der Waals surface area contributed by atoms with Crippen LogP contribution in [0.5, 0.6) is 0 Å². The van der Waals surface area contributed by atoms with E-state index in [4.69, 9.17) is 4.42 Å². The van der Waals surface area contributed by atoms with Gasteiger partial charge in [-0.1, -0.05) is 140 Å². The molecule has 10 aromatic rings. The van der Waals surface area contributed by atoms with E-state index in [1.54, 1.807) is 0 Å². The zero-order valence-electron chi connectivity index (χ0n) is 27.7. The first kappa shape index (κ1) is 29.5. The molecule has 0 bridgehead atoms. The van der Waals surface area contributed by atoms with Gasteiger partial charge in [0.15, 0.2) is 0 Å². The van der Waals surface area contributed by atoms with Crippen molar-refractivity contribution in [1.29, 1.82) is 0 Å². The lowest BCUT2D eigenvalue weighted by molar-refractivity contribution is 0.669. The molecule has 0 fully saturated rings. The van der Waals surface area contributed by atoms with E-state index < -0.39 is 0 Å². The van der Waals surface area contributed by atoms with E-state index in [2.05, 4.69) is 187 Å². The van der Waals surface area contributed by atoms with E-state index in [1.165, 1.54) is 58.9 Å². The standard InChI is InChI=1S/C48H31NOS/c1-3-10-32(11-4-1)34-18-20-35(21-19-34)37-24-28-39(29-25-37)49(38-26-22-36(23-27-38)33-12-5-2-6-13-33)43-16-9-15-40-41-30-31-45-46(48(41)51-47(40)43)42-14-7-8-17-44(42)50-45/h1-31H. The summed E-state index contributed by atoms with van der Waals surface area (Å²) in [6.07, 6.45) is 0. The third-order valence-electron chi connectivity index (χ3n) is 9.91. The third-order valence-corrected chi connectivity index (χ3v) is 11.2. The van der Waals surface area contributed by atoms with Crippen molar-refractivity contribution in [3.63, 3.8) is 0 Å². The molecule has 51 heavy (non-hydrogen) atoms. The highest BCUT2D eigenvalue weighted by Gasteiger charge is 2.20. The van der Waals surface area contributed by atoms with Crippen LogP contribution in [-0.4, -0.2) is 0 Å². The summed E-state index contributed by atoms with van der Waals surface area (Å²) < 4.78 is 8.80. The minimum absolute atomic E-state index is 0.924. The van der Waals surface area contributed by atoms with Crippen molar-refractivity contribution in [2.45, 2.75) is 0 Å². The van der Waals surface area contributed by atoms with E-state index in [0.29, 0.717) is 0 Å². The molecule has 240 valence electrons. The zero-order chi connectivity index (χ0) is 33.7. The monoisotopic (exact) mass is 669 g/mol. The van der Waals surface area contributed by atoms with Gasteiger partial charge in [-0.25, -0.2) is 0 Å². The molecule has 0 aliphatic heterocycles. The van der Waals surface area contributed by atoms with Gasteiger partial charge in [0.1, 0.15) is 11.2 Å². The van der Waals surface area contributed by atoms with Crippen LogP contribution < -0.4 is 4.90 Å². The number of nitrogens with zero attached hydrogens (tertiary/aromatic N) is 1. The molecule has 2 aromatic heterocycles. The molecule has 0 saturated heterocycles. The number of rotatable bonds is 6. The summed E-state index contributed by atoms with van der Waals surface area (Å²) in [6, 6.07) is 67.3. The molecule has 10 rings (SSSR count). The van der Waals surface area contributed by atoms with Crippen molar-refractivity contribution in [1.82, 2.24) is 0 Å². The molecular formula is C48H31NOS. The largest absolute Gasteiger partial charge is 0.456 e. The molecule has 2 nitrogen and oxygen atoms in total. The van der Waals surface area contributed by atoms with Gasteiger partial charge >= 0.3 is 0 Å². The summed E-state index contributed by atoms with van der Waals surface area (Å²) in [6.45, 7) is 0. The number of para-hydroxylation sites is 1. The van der Waals surface area contributed by atoms with Crippen molar-refractivity contribution >= 4 is 70.5 Å².